The monoisotopic (exact) mass is 346 g/mol. The number of alkyl halides is 9. The molecule has 1 rings (SSSR count). The standard InChI is InChI=1S/C9H3F9O4/c10-6(11,1-2(19)4(21)5(22)3(1)20)7(12,13)8(14,15)9(16,17)18/h1-2,19H. The van der Waals surface area contributed by atoms with Gasteiger partial charge >= 0.3 is 23.9 Å². The van der Waals surface area contributed by atoms with Crippen LogP contribution in [-0.4, -0.2) is 52.5 Å². The summed E-state index contributed by atoms with van der Waals surface area (Å²) in [5.41, 5.74) is 0. The van der Waals surface area contributed by atoms with Gasteiger partial charge < -0.3 is 5.11 Å². The van der Waals surface area contributed by atoms with Crippen molar-refractivity contribution in [2.24, 2.45) is 5.92 Å². The molecule has 0 bridgehead atoms. The number of carbonyl (C=O) groups is 3. The first-order valence-electron chi connectivity index (χ1n) is 5.02. The van der Waals surface area contributed by atoms with Crippen LogP contribution in [0, 0.1) is 5.92 Å². The van der Waals surface area contributed by atoms with Crippen LogP contribution in [-0.2, 0) is 14.4 Å². The van der Waals surface area contributed by atoms with Gasteiger partial charge in [-0.05, 0) is 0 Å². The quantitative estimate of drug-likeness (QED) is 0.615. The van der Waals surface area contributed by atoms with Gasteiger partial charge in [0, 0.05) is 0 Å². The van der Waals surface area contributed by atoms with Crippen molar-refractivity contribution in [3.63, 3.8) is 0 Å². The molecule has 0 spiro atoms. The minimum atomic E-state index is -7.29. The fraction of sp³-hybridized carbons (Fsp3) is 0.667. The van der Waals surface area contributed by atoms with E-state index in [2.05, 4.69) is 0 Å². The van der Waals surface area contributed by atoms with Gasteiger partial charge in [-0.1, -0.05) is 0 Å². The largest absolute Gasteiger partial charge is 0.460 e. The predicted molar refractivity (Wildman–Crippen MR) is 45.4 cm³/mol. The maximum Gasteiger partial charge on any atom is 0.460 e. The third-order valence-electron chi connectivity index (χ3n) is 2.87. The first-order chi connectivity index (χ1) is 9.51. The molecule has 126 valence electrons. The van der Waals surface area contributed by atoms with E-state index in [4.69, 9.17) is 5.11 Å². The van der Waals surface area contributed by atoms with Crippen molar-refractivity contribution in [3.05, 3.63) is 0 Å². The Morgan fingerprint density at radius 1 is 0.727 bits per heavy atom. The highest BCUT2D eigenvalue weighted by atomic mass is 19.4. The minimum absolute atomic E-state index is 2.30. The molecule has 0 aromatic carbocycles. The van der Waals surface area contributed by atoms with Crippen molar-refractivity contribution in [3.8, 4) is 0 Å². The summed E-state index contributed by atoms with van der Waals surface area (Å²) < 4.78 is 113. The van der Waals surface area contributed by atoms with Gasteiger partial charge in [0.05, 0.1) is 0 Å². The zero-order valence-corrected chi connectivity index (χ0v) is 9.73. The average molecular weight is 346 g/mol. The molecule has 0 amide bonds. The number of hydrogen-bond donors (Lipinski definition) is 1. The van der Waals surface area contributed by atoms with Crippen LogP contribution < -0.4 is 0 Å². The molecule has 0 heterocycles. The van der Waals surface area contributed by atoms with E-state index in [-0.39, 0.29) is 0 Å². The van der Waals surface area contributed by atoms with E-state index in [0.29, 0.717) is 0 Å². The summed E-state index contributed by atoms with van der Waals surface area (Å²) >= 11 is 0. The summed E-state index contributed by atoms with van der Waals surface area (Å²) in [4.78, 5) is 32.4. The summed E-state index contributed by atoms with van der Waals surface area (Å²) in [6.07, 6.45) is -10.6. The molecule has 0 aromatic rings. The van der Waals surface area contributed by atoms with Crippen LogP contribution in [0.25, 0.3) is 0 Å². The van der Waals surface area contributed by atoms with Crippen LogP contribution in [0.2, 0.25) is 0 Å². The fourth-order valence-electron chi connectivity index (χ4n) is 1.64. The topological polar surface area (TPSA) is 71.4 Å². The zero-order chi connectivity index (χ0) is 17.9. The predicted octanol–water partition coefficient (Wildman–Crippen LogP) is 1.15. The summed E-state index contributed by atoms with van der Waals surface area (Å²) in [6, 6.07) is 0. The van der Waals surface area contributed by atoms with Gasteiger partial charge in [-0.15, -0.1) is 0 Å². The Hall–Kier alpha value is -1.66. The third kappa shape index (κ3) is 2.09. The Morgan fingerprint density at radius 2 is 1.14 bits per heavy atom. The molecule has 1 N–H and O–H groups in total. The van der Waals surface area contributed by atoms with Crippen LogP contribution in [0.5, 0.6) is 0 Å². The summed E-state index contributed by atoms with van der Waals surface area (Å²) in [5.74, 6) is -32.5. The molecule has 0 saturated heterocycles. The number of halogens is 9. The number of hydrogen-bond acceptors (Lipinski definition) is 4. The van der Waals surface area contributed by atoms with Crippen molar-refractivity contribution >= 4 is 17.3 Å². The highest BCUT2D eigenvalue weighted by molar-refractivity contribution is 6.68. The summed E-state index contributed by atoms with van der Waals surface area (Å²) in [7, 11) is 0. The number of rotatable bonds is 3. The molecule has 13 heteroatoms. The van der Waals surface area contributed by atoms with Gasteiger partial charge in [0.25, 0.3) is 5.78 Å². The Labute approximate surface area is 113 Å². The highest BCUT2D eigenvalue weighted by Gasteiger charge is 2.85. The van der Waals surface area contributed by atoms with E-state index < -0.39 is 53.3 Å². The first-order valence-corrected chi connectivity index (χ1v) is 5.02. The lowest BCUT2D eigenvalue weighted by atomic mass is 9.88. The van der Waals surface area contributed by atoms with Crippen LogP contribution in [0.15, 0.2) is 0 Å². The molecule has 0 aliphatic heterocycles. The van der Waals surface area contributed by atoms with Crippen LogP contribution >= 0.6 is 0 Å². The highest BCUT2D eigenvalue weighted by Crippen LogP contribution is 2.56. The SMILES string of the molecule is O=C1C(=O)C(O)C(C(F)(F)C(F)(F)C(F)(F)C(F)(F)F)C1=O. The van der Waals surface area contributed by atoms with E-state index in [1.54, 1.807) is 0 Å². The van der Waals surface area contributed by atoms with Crippen LogP contribution in [0.3, 0.4) is 0 Å². The summed E-state index contributed by atoms with van der Waals surface area (Å²) in [5, 5.41) is 8.84. The van der Waals surface area contributed by atoms with Crippen LogP contribution in [0.4, 0.5) is 39.5 Å². The molecule has 1 fully saturated rings. The molecule has 2 unspecified atom stereocenters. The lowest BCUT2D eigenvalue weighted by Crippen LogP contribution is -2.64. The fourth-order valence-corrected chi connectivity index (χ4v) is 1.64. The Bertz CT molecular complexity index is 536. The number of Topliss-reactive ketones (excluding diaryl/α,β-unsaturated/α-hetero) is 3. The van der Waals surface area contributed by atoms with Crippen molar-refractivity contribution in [2.45, 2.75) is 30.0 Å². The summed E-state index contributed by atoms with van der Waals surface area (Å²) in [6.45, 7) is 0. The molecular formula is C9H3F9O4. The van der Waals surface area contributed by atoms with E-state index in [1.807, 2.05) is 0 Å². The molecule has 0 radical (unpaired) electrons. The van der Waals surface area contributed by atoms with Gasteiger partial charge in [0.15, 0.2) is 0 Å². The van der Waals surface area contributed by atoms with E-state index >= 15 is 0 Å². The van der Waals surface area contributed by atoms with E-state index in [9.17, 15) is 53.9 Å². The molecule has 4 nitrogen and oxygen atoms in total. The smallest absolute Gasteiger partial charge is 0.384 e. The van der Waals surface area contributed by atoms with E-state index in [0.717, 1.165) is 0 Å². The lowest BCUT2D eigenvalue weighted by molar-refractivity contribution is -0.402. The maximum atomic E-state index is 13.4. The second kappa shape index (κ2) is 4.67. The number of aliphatic hydroxyl groups is 1. The molecule has 1 aliphatic rings. The van der Waals surface area contributed by atoms with Gasteiger partial charge in [0.1, 0.15) is 12.0 Å². The van der Waals surface area contributed by atoms with Gasteiger partial charge in [-0.3, -0.25) is 14.4 Å². The van der Waals surface area contributed by atoms with Crippen LogP contribution in [0.1, 0.15) is 0 Å². The average Bonchev–Trinajstić information content (AvgIpc) is 2.52. The number of ketones is 3. The van der Waals surface area contributed by atoms with Crippen molar-refractivity contribution < 1.29 is 59.0 Å². The Balaban J connectivity index is 3.43. The molecular weight excluding hydrogens is 343 g/mol. The third-order valence-corrected chi connectivity index (χ3v) is 2.87. The second-order valence-corrected chi connectivity index (χ2v) is 4.25. The van der Waals surface area contributed by atoms with Gasteiger partial charge in [0.2, 0.25) is 11.6 Å². The maximum absolute atomic E-state index is 13.4. The first kappa shape index (κ1) is 18.4. The van der Waals surface area contributed by atoms with Gasteiger partial charge in [-0.25, -0.2) is 0 Å². The second-order valence-electron chi connectivity index (χ2n) is 4.25. The number of carbonyl (C=O) groups excluding carboxylic acids is 3. The lowest BCUT2D eigenvalue weighted by Gasteiger charge is -2.36. The Kier molecular flexibility index (Phi) is 3.90. The molecule has 1 aliphatic carbocycles. The zero-order valence-electron chi connectivity index (χ0n) is 9.73. The molecule has 2 atom stereocenters. The molecule has 1 saturated carbocycles. The van der Waals surface area contributed by atoms with Crippen molar-refractivity contribution in [2.75, 3.05) is 0 Å². The minimum Gasteiger partial charge on any atom is -0.384 e. The Morgan fingerprint density at radius 3 is 1.41 bits per heavy atom. The normalized spacial score (nSPS) is 25.1. The van der Waals surface area contributed by atoms with Gasteiger partial charge in [-0.2, -0.15) is 39.5 Å². The number of aliphatic hydroxyl groups excluding tert-OH is 1. The van der Waals surface area contributed by atoms with Crippen molar-refractivity contribution in [1.82, 2.24) is 0 Å². The van der Waals surface area contributed by atoms with E-state index in [1.165, 1.54) is 0 Å². The van der Waals surface area contributed by atoms with Crippen molar-refractivity contribution in [1.29, 1.82) is 0 Å². The molecule has 0 aromatic heterocycles. The molecule has 22 heavy (non-hydrogen) atoms.